The lowest BCUT2D eigenvalue weighted by atomic mass is 9.77. The van der Waals surface area contributed by atoms with Crippen molar-refractivity contribution in [2.75, 3.05) is 13.2 Å². The average molecular weight is 418 g/mol. The van der Waals surface area contributed by atoms with Crippen molar-refractivity contribution in [1.29, 1.82) is 0 Å². The van der Waals surface area contributed by atoms with Crippen LogP contribution in [0.25, 0.3) is 0 Å². The fraction of sp³-hybridized carbons (Fsp3) is 0.250. The Bertz CT molecular complexity index is 627. The molecule has 0 aliphatic carbocycles. The summed E-state index contributed by atoms with van der Waals surface area (Å²) in [5.74, 6) is -0.356. The lowest BCUT2D eigenvalue weighted by molar-refractivity contribution is 0.115. The van der Waals surface area contributed by atoms with Crippen LogP contribution in [0.4, 0.5) is 4.39 Å². The van der Waals surface area contributed by atoms with E-state index in [2.05, 4.69) is 31.9 Å². The van der Waals surface area contributed by atoms with E-state index in [4.69, 9.17) is 0 Å². The molecule has 2 nitrogen and oxygen atoms in total. The second-order valence-corrected chi connectivity index (χ2v) is 6.85. The fourth-order valence-electron chi connectivity index (χ4n) is 2.29. The molecule has 2 N–H and O–H groups in total. The van der Waals surface area contributed by atoms with E-state index in [0.29, 0.717) is 10.0 Å². The van der Waals surface area contributed by atoms with E-state index in [1.807, 2.05) is 24.3 Å². The molecule has 0 saturated heterocycles. The Morgan fingerprint density at radius 1 is 0.952 bits per heavy atom. The highest BCUT2D eigenvalue weighted by molar-refractivity contribution is 9.10. The minimum absolute atomic E-state index is 0.218. The summed E-state index contributed by atoms with van der Waals surface area (Å²) >= 11 is 6.60. The molecule has 0 bridgehead atoms. The predicted octanol–water partition coefficient (Wildman–Crippen LogP) is 3.82. The molecule has 0 saturated carbocycles. The van der Waals surface area contributed by atoms with Crippen molar-refractivity contribution in [1.82, 2.24) is 0 Å². The first-order valence-electron chi connectivity index (χ1n) is 6.42. The van der Waals surface area contributed by atoms with Crippen LogP contribution < -0.4 is 0 Å². The SMILES string of the molecule is OCC(CO)(Cc1ccc(Br)cc1F)c1cccc(Br)c1. The molecule has 0 aliphatic rings. The molecule has 21 heavy (non-hydrogen) atoms. The van der Waals surface area contributed by atoms with Gasteiger partial charge < -0.3 is 10.2 Å². The molecule has 0 heterocycles. The van der Waals surface area contributed by atoms with Gasteiger partial charge in [0.2, 0.25) is 0 Å². The van der Waals surface area contributed by atoms with E-state index in [9.17, 15) is 14.6 Å². The number of hydrogen-bond acceptors (Lipinski definition) is 2. The van der Waals surface area contributed by atoms with Crippen molar-refractivity contribution in [2.45, 2.75) is 11.8 Å². The fourth-order valence-corrected chi connectivity index (χ4v) is 3.03. The van der Waals surface area contributed by atoms with Crippen LogP contribution in [0, 0.1) is 5.82 Å². The number of halogens is 3. The van der Waals surface area contributed by atoms with Crippen LogP contribution in [0.1, 0.15) is 11.1 Å². The van der Waals surface area contributed by atoms with E-state index in [-0.39, 0.29) is 25.5 Å². The molecular weight excluding hydrogens is 403 g/mol. The molecule has 112 valence electrons. The number of benzene rings is 2. The maximum Gasteiger partial charge on any atom is 0.127 e. The zero-order chi connectivity index (χ0) is 15.5. The van der Waals surface area contributed by atoms with Gasteiger partial charge in [-0.15, -0.1) is 0 Å². The van der Waals surface area contributed by atoms with Gasteiger partial charge in [0.15, 0.2) is 0 Å². The Labute approximate surface area is 139 Å². The van der Waals surface area contributed by atoms with E-state index in [1.165, 1.54) is 6.07 Å². The largest absolute Gasteiger partial charge is 0.395 e. The number of aliphatic hydroxyl groups is 2. The first kappa shape index (κ1) is 16.6. The molecule has 0 aliphatic heterocycles. The van der Waals surface area contributed by atoms with Crippen LogP contribution in [-0.4, -0.2) is 23.4 Å². The van der Waals surface area contributed by atoms with Gasteiger partial charge in [0.25, 0.3) is 0 Å². The van der Waals surface area contributed by atoms with Crippen LogP contribution in [0.3, 0.4) is 0 Å². The van der Waals surface area contributed by atoms with Crippen LogP contribution >= 0.6 is 31.9 Å². The predicted molar refractivity (Wildman–Crippen MR) is 87.8 cm³/mol. The Morgan fingerprint density at radius 2 is 1.62 bits per heavy atom. The molecule has 5 heteroatoms. The standard InChI is InChI=1S/C16H15Br2FO2/c17-13-3-1-2-12(6-13)16(9-20,10-21)8-11-4-5-14(18)7-15(11)19/h1-7,20-21H,8-10H2. The molecule has 2 aromatic rings. The van der Waals surface area contributed by atoms with Gasteiger partial charge in [-0.25, -0.2) is 4.39 Å². The highest BCUT2D eigenvalue weighted by Gasteiger charge is 2.32. The molecule has 0 radical (unpaired) electrons. The van der Waals surface area contributed by atoms with Gasteiger partial charge in [-0.1, -0.05) is 50.1 Å². The molecule has 0 aromatic heterocycles. The summed E-state index contributed by atoms with van der Waals surface area (Å²) in [4.78, 5) is 0. The van der Waals surface area contributed by atoms with Crippen molar-refractivity contribution in [3.05, 3.63) is 68.4 Å². The minimum atomic E-state index is -0.918. The topological polar surface area (TPSA) is 40.5 Å². The molecule has 0 amide bonds. The number of hydrogen-bond donors (Lipinski definition) is 2. The van der Waals surface area contributed by atoms with Gasteiger partial charge in [-0.2, -0.15) is 0 Å². The van der Waals surface area contributed by atoms with Crippen LogP contribution in [0.5, 0.6) is 0 Å². The smallest absolute Gasteiger partial charge is 0.127 e. The highest BCUT2D eigenvalue weighted by atomic mass is 79.9. The third-order valence-corrected chi connectivity index (χ3v) is 4.57. The van der Waals surface area contributed by atoms with Crippen LogP contribution in [-0.2, 0) is 11.8 Å². The molecule has 2 rings (SSSR count). The molecule has 2 aromatic carbocycles. The lowest BCUT2D eigenvalue weighted by Crippen LogP contribution is -2.37. The van der Waals surface area contributed by atoms with Crippen LogP contribution in [0.15, 0.2) is 51.4 Å². The second kappa shape index (κ2) is 7.01. The maximum absolute atomic E-state index is 14.0. The van der Waals surface area contributed by atoms with Crippen molar-refractivity contribution < 1.29 is 14.6 Å². The molecular formula is C16H15Br2FO2. The number of aliphatic hydroxyl groups excluding tert-OH is 2. The summed E-state index contributed by atoms with van der Waals surface area (Å²) < 4.78 is 15.6. The second-order valence-electron chi connectivity index (χ2n) is 5.02. The lowest BCUT2D eigenvalue weighted by Gasteiger charge is -2.31. The summed E-state index contributed by atoms with van der Waals surface area (Å²) in [5.41, 5.74) is 0.309. The molecule has 0 atom stereocenters. The van der Waals surface area contributed by atoms with Crippen molar-refractivity contribution >= 4 is 31.9 Å². The van der Waals surface area contributed by atoms with Gasteiger partial charge in [0.1, 0.15) is 5.82 Å². The normalized spacial score (nSPS) is 11.7. The van der Waals surface area contributed by atoms with E-state index in [1.54, 1.807) is 12.1 Å². The van der Waals surface area contributed by atoms with Gasteiger partial charge in [-0.05, 0) is 41.8 Å². The summed E-state index contributed by atoms with van der Waals surface area (Å²) in [7, 11) is 0. The average Bonchev–Trinajstić information content (AvgIpc) is 2.47. The summed E-state index contributed by atoms with van der Waals surface area (Å²) in [6.45, 7) is -0.537. The summed E-state index contributed by atoms with van der Waals surface area (Å²) in [5, 5.41) is 19.6. The van der Waals surface area contributed by atoms with Gasteiger partial charge in [0, 0.05) is 14.4 Å². The Hall–Kier alpha value is -0.750. The third kappa shape index (κ3) is 3.72. The quantitative estimate of drug-likeness (QED) is 0.776. The monoisotopic (exact) mass is 416 g/mol. The maximum atomic E-state index is 14.0. The minimum Gasteiger partial charge on any atom is -0.395 e. The molecule has 0 unspecified atom stereocenters. The van der Waals surface area contributed by atoms with E-state index < -0.39 is 5.41 Å². The highest BCUT2D eigenvalue weighted by Crippen LogP contribution is 2.31. The van der Waals surface area contributed by atoms with Gasteiger partial charge >= 0.3 is 0 Å². The van der Waals surface area contributed by atoms with Crippen molar-refractivity contribution in [2.24, 2.45) is 0 Å². The van der Waals surface area contributed by atoms with E-state index in [0.717, 1.165) is 10.0 Å². The summed E-state index contributed by atoms with van der Waals surface area (Å²) in [6.07, 6.45) is 0.218. The third-order valence-electron chi connectivity index (χ3n) is 3.59. The summed E-state index contributed by atoms with van der Waals surface area (Å²) in [6, 6.07) is 12.2. The Morgan fingerprint density at radius 3 is 2.19 bits per heavy atom. The number of rotatable bonds is 5. The van der Waals surface area contributed by atoms with Crippen molar-refractivity contribution in [3.8, 4) is 0 Å². The molecule has 0 spiro atoms. The zero-order valence-corrected chi connectivity index (χ0v) is 14.4. The van der Waals surface area contributed by atoms with Gasteiger partial charge in [0.05, 0.1) is 13.2 Å². The first-order valence-corrected chi connectivity index (χ1v) is 8.01. The van der Waals surface area contributed by atoms with Crippen LogP contribution in [0.2, 0.25) is 0 Å². The van der Waals surface area contributed by atoms with E-state index >= 15 is 0 Å². The molecule has 0 fully saturated rings. The Kier molecular flexibility index (Phi) is 5.54. The van der Waals surface area contributed by atoms with Crippen molar-refractivity contribution in [3.63, 3.8) is 0 Å². The first-order chi connectivity index (χ1) is 10.0. The Balaban J connectivity index is 2.43. The van der Waals surface area contributed by atoms with Gasteiger partial charge in [-0.3, -0.25) is 0 Å². The zero-order valence-electron chi connectivity index (χ0n) is 11.2.